The molecule has 24 heavy (non-hydrogen) atoms. The van der Waals surface area contributed by atoms with Crippen LogP contribution in [-0.2, 0) is 16.6 Å². The van der Waals surface area contributed by atoms with Gasteiger partial charge >= 0.3 is 5.97 Å². The van der Waals surface area contributed by atoms with E-state index in [2.05, 4.69) is 10.3 Å². The van der Waals surface area contributed by atoms with Gasteiger partial charge in [0.1, 0.15) is 5.75 Å². The highest BCUT2D eigenvalue weighted by Gasteiger charge is 2.29. The summed E-state index contributed by atoms with van der Waals surface area (Å²) in [6.45, 7) is 4.12. The lowest BCUT2D eigenvalue weighted by Gasteiger charge is -2.24. The number of hydrogen-bond donors (Lipinski definition) is 2. The van der Waals surface area contributed by atoms with E-state index >= 15 is 0 Å². The Kier molecular flexibility index (Phi) is 5.56. The molecule has 0 fully saturated rings. The van der Waals surface area contributed by atoms with Crippen molar-refractivity contribution in [2.45, 2.75) is 25.7 Å². The summed E-state index contributed by atoms with van der Waals surface area (Å²) < 4.78 is 5.13. The summed E-state index contributed by atoms with van der Waals surface area (Å²) in [6, 6.07) is 7.40. The monoisotopic (exact) mass is 348 g/mol. The number of carboxylic acid groups (broad SMARTS) is 1. The molecule has 0 saturated heterocycles. The highest BCUT2D eigenvalue weighted by atomic mass is 32.1. The molecular weight excluding hydrogens is 328 g/mol. The van der Waals surface area contributed by atoms with Gasteiger partial charge in [-0.05, 0) is 31.5 Å². The van der Waals surface area contributed by atoms with Crippen LogP contribution in [-0.4, -0.2) is 35.6 Å². The maximum atomic E-state index is 12.5. The van der Waals surface area contributed by atoms with Gasteiger partial charge in [0.2, 0.25) is 5.91 Å². The summed E-state index contributed by atoms with van der Waals surface area (Å²) in [5.41, 5.74) is 0.254. The minimum absolute atomic E-state index is 0.0416. The van der Waals surface area contributed by atoms with Gasteiger partial charge in [-0.15, -0.1) is 11.3 Å². The van der Waals surface area contributed by atoms with Crippen LogP contribution in [0.15, 0.2) is 29.6 Å². The first-order valence-corrected chi connectivity index (χ1v) is 8.33. The molecule has 2 aromatic rings. The Morgan fingerprint density at radius 2 is 1.96 bits per heavy atom. The van der Waals surface area contributed by atoms with Crippen molar-refractivity contribution in [1.82, 2.24) is 10.3 Å². The molecule has 0 radical (unpaired) electrons. The van der Waals surface area contributed by atoms with E-state index in [1.54, 1.807) is 7.11 Å². The van der Waals surface area contributed by atoms with E-state index in [0.29, 0.717) is 18.0 Å². The zero-order valence-electron chi connectivity index (χ0n) is 13.8. The third-order valence-corrected chi connectivity index (χ3v) is 4.68. The lowest BCUT2D eigenvalue weighted by atomic mass is 9.83. The molecule has 0 aliphatic heterocycles. The highest BCUT2D eigenvalue weighted by Crippen LogP contribution is 2.25. The van der Waals surface area contributed by atoms with Crippen molar-refractivity contribution in [3.05, 3.63) is 45.9 Å². The maximum Gasteiger partial charge on any atom is 0.355 e. The number of hydrogen-bond acceptors (Lipinski definition) is 5. The molecule has 7 heteroatoms. The van der Waals surface area contributed by atoms with Gasteiger partial charge in [0.25, 0.3) is 0 Å². The van der Waals surface area contributed by atoms with Crippen molar-refractivity contribution in [2.75, 3.05) is 13.7 Å². The second-order valence-corrected chi connectivity index (χ2v) is 6.73. The smallest absolute Gasteiger partial charge is 0.355 e. The summed E-state index contributed by atoms with van der Waals surface area (Å²) >= 11 is 1.28. The van der Waals surface area contributed by atoms with E-state index in [4.69, 9.17) is 9.84 Å². The van der Waals surface area contributed by atoms with Crippen molar-refractivity contribution in [2.24, 2.45) is 0 Å². The van der Waals surface area contributed by atoms with Gasteiger partial charge in [0.05, 0.1) is 17.5 Å². The Morgan fingerprint density at radius 3 is 2.50 bits per heavy atom. The van der Waals surface area contributed by atoms with Gasteiger partial charge in [-0.1, -0.05) is 12.1 Å². The van der Waals surface area contributed by atoms with E-state index in [1.165, 1.54) is 16.7 Å². The summed E-state index contributed by atoms with van der Waals surface area (Å²) in [5, 5.41) is 13.9. The van der Waals surface area contributed by atoms with Gasteiger partial charge in [-0.25, -0.2) is 9.78 Å². The number of methoxy groups -OCH3 is 1. The van der Waals surface area contributed by atoms with Gasteiger partial charge in [0, 0.05) is 18.3 Å². The third kappa shape index (κ3) is 4.11. The number of nitrogens with zero attached hydrogens (tertiary/aromatic N) is 1. The molecular formula is C17H20N2O4S. The molecule has 0 unspecified atom stereocenters. The van der Waals surface area contributed by atoms with Crippen molar-refractivity contribution < 1.29 is 19.4 Å². The predicted molar refractivity (Wildman–Crippen MR) is 91.8 cm³/mol. The maximum absolute atomic E-state index is 12.5. The number of benzene rings is 1. The fourth-order valence-electron chi connectivity index (χ4n) is 2.17. The minimum atomic E-state index is -1.04. The molecule has 2 rings (SSSR count). The fraction of sp³-hybridized carbons (Fsp3) is 0.353. The number of nitrogens with one attached hydrogen (secondary N) is 1. The average molecular weight is 348 g/mol. The van der Waals surface area contributed by atoms with Crippen LogP contribution in [0.1, 0.15) is 34.9 Å². The average Bonchev–Trinajstić information content (AvgIpc) is 3.04. The summed E-state index contributed by atoms with van der Waals surface area (Å²) in [6.07, 6.45) is 0.502. The number of aromatic nitrogens is 1. The molecule has 0 saturated carbocycles. The number of aromatic carboxylic acids is 1. The molecule has 0 atom stereocenters. The quantitative estimate of drug-likeness (QED) is 0.802. The Morgan fingerprint density at radius 1 is 1.29 bits per heavy atom. The van der Waals surface area contributed by atoms with Crippen LogP contribution in [0.25, 0.3) is 0 Å². The fourth-order valence-corrected chi connectivity index (χ4v) is 2.94. The van der Waals surface area contributed by atoms with Gasteiger partial charge in [0.15, 0.2) is 5.69 Å². The number of carbonyl (C=O) groups is 2. The van der Waals surface area contributed by atoms with E-state index in [1.807, 2.05) is 38.1 Å². The van der Waals surface area contributed by atoms with Crippen LogP contribution >= 0.6 is 11.3 Å². The van der Waals surface area contributed by atoms with E-state index in [-0.39, 0.29) is 11.6 Å². The predicted octanol–water partition coefficient (Wildman–Crippen LogP) is 2.49. The van der Waals surface area contributed by atoms with Crippen molar-refractivity contribution in [1.29, 1.82) is 0 Å². The SMILES string of the molecule is COc1ccc(C(C)(C)C(=O)NCCc2nc(C(=O)O)cs2)cc1. The molecule has 0 aliphatic rings. The Bertz CT molecular complexity index is 722. The van der Waals surface area contributed by atoms with Crippen molar-refractivity contribution in [3.8, 4) is 5.75 Å². The Balaban J connectivity index is 1.93. The zero-order valence-corrected chi connectivity index (χ0v) is 14.6. The third-order valence-electron chi connectivity index (χ3n) is 3.77. The van der Waals surface area contributed by atoms with E-state index in [9.17, 15) is 9.59 Å². The summed E-state index contributed by atoms with van der Waals surface area (Å²) in [4.78, 5) is 27.3. The van der Waals surface area contributed by atoms with Crippen LogP contribution in [0.3, 0.4) is 0 Å². The molecule has 1 heterocycles. The molecule has 1 aromatic heterocycles. The van der Waals surface area contributed by atoms with Gasteiger partial charge < -0.3 is 15.2 Å². The number of carboxylic acids is 1. The number of ether oxygens (including phenoxy) is 1. The number of rotatable bonds is 7. The standard InChI is InChI=1S/C17H20N2O4S/c1-17(2,11-4-6-12(23-3)7-5-11)16(22)18-9-8-14-19-13(10-24-14)15(20)21/h4-7,10H,8-9H2,1-3H3,(H,18,22)(H,20,21). The second kappa shape index (κ2) is 7.44. The first kappa shape index (κ1) is 17.9. The van der Waals surface area contributed by atoms with Crippen LogP contribution in [0.2, 0.25) is 0 Å². The largest absolute Gasteiger partial charge is 0.497 e. The molecule has 0 spiro atoms. The first-order chi connectivity index (χ1) is 11.3. The summed E-state index contributed by atoms with van der Waals surface area (Å²) in [7, 11) is 1.60. The van der Waals surface area contributed by atoms with E-state index < -0.39 is 11.4 Å². The van der Waals surface area contributed by atoms with Crippen LogP contribution in [0.5, 0.6) is 5.75 Å². The van der Waals surface area contributed by atoms with Crippen LogP contribution in [0.4, 0.5) is 0 Å². The van der Waals surface area contributed by atoms with Crippen molar-refractivity contribution >= 4 is 23.2 Å². The molecule has 128 valence electrons. The number of carbonyl (C=O) groups excluding carboxylic acids is 1. The van der Waals surface area contributed by atoms with E-state index in [0.717, 1.165) is 11.3 Å². The zero-order chi connectivity index (χ0) is 17.7. The molecule has 0 bridgehead atoms. The molecule has 1 aromatic carbocycles. The minimum Gasteiger partial charge on any atom is -0.497 e. The molecule has 0 aliphatic carbocycles. The lowest BCUT2D eigenvalue weighted by Crippen LogP contribution is -2.40. The van der Waals surface area contributed by atoms with Crippen molar-refractivity contribution in [3.63, 3.8) is 0 Å². The highest BCUT2D eigenvalue weighted by molar-refractivity contribution is 7.09. The summed E-state index contributed by atoms with van der Waals surface area (Å²) in [5.74, 6) is -0.391. The number of amides is 1. The van der Waals surface area contributed by atoms with Gasteiger partial charge in [-0.2, -0.15) is 0 Å². The number of thiazole rings is 1. The normalized spacial score (nSPS) is 11.1. The molecule has 6 nitrogen and oxygen atoms in total. The lowest BCUT2D eigenvalue weighted by molar-refractivity contribution is -0.125. The molecule has 2 N–H and O–H groups in total. The topological polar surface area (TPSA) is 88.5 Å². The Hall–Kier alpha value is -2.41. The molecule has 1 amide bonds. The van der Waals surface area contributed by atoms with Gasteiger partial charge in [-0.3, -0.25) is 4.79 Å². The Labute approximate surface area is 144 Å². The van der Waals surface area contributed by atoms with Crippen LogP contribution in [0, 0.1) is 0 Å². The second-order valence-electron chi connectivity index (χ2n) is 5.79. The first-order valence-electron chi connectivity index (χ1n) is 7.45. The van der Waals surface area contributed by atoms with Crippen LogP contribution < -0.4 is 10.1 Å².